The number of aliphatic carboxylic acids is 1. The van der Waals surface area contributed by atoms with Gasteiger partial charge in [0.25, 0.3) is 0 Å². The number of hydrogen-bond donors (Lipinski definition) is 2. The molecule has 5 nitrogen and oxygen atoms in total. The van der Waals surface area contributed by atoms with Crippen molar-refractivity contribution >= 4 is 23.5 Å². The summed E-state index contributed by atoms with van der Waals surface area (Å²) in [5.41, 5.74) is 0.0282. The molecule has 0 aliphatic heterocycles. The van der Waals surface area contributed by atoms with Crippen molar-refractivity contribution in [3.8, 4) is 5.75 Å². The highest BCUT2D eigenvalue weighted by molar-refractivity contribution is 6.30. The standard InChI is InChI=1S/C15H20ClNO4/c1-15(2,3)13(14(19)20)17-12(18)8-9-7-10(16)5-6-11(9)21-4/h5-7,13H,8H2,1-4H3,(H,17,18)(H,19,20). The van der Waals surface area contributed by atoms with Gasteiger partial charge in [-0.15, -0.1) is 0 Å². The Labute approximate surface area is 129 Å². The molecule has 1 unspecified atom stereocenters. The zero-order chi connectivity index (χ0) is 16.2. The van der Waals surface area contributed by atoms with Gasteiger partial charge in [-0.3, -0.25) is 4.79 Å². The molecule has 0 saturated heterocycles. The summed E-state index contributed by atoms with van der Waals surface area (Å²) in [6.45, 7) is 5.27. The Kier molecular flexibility index (Phi) is 5.61. The van der Waals surface area contributed by atoms with Gasteiger partial charge in [0.05, 0.1) is 13.5 Å². The van der Waals surface area contributed by atoms with Gasteiger partial charge >= 0.3 is 5.97 Å². The molecule has 1 rings (SSSR count). The van der Waals surface area contributed by atoms with Crippen molar-refractivity contribution in [1.82, 2.24) is 5.32 Å². The highest BCUT2D eigenvalue weighted by atomic mass is 35.5. The number of carboxylic acid groups (broad SMARTS) is 1. The summed E-state index contributed by atoms with van der Waals surface area (Å²) in [6, 6.07) is 4.00. The van der Waals surface area contributed by atoms with Crippen LogP contribution in [0, 0.1) is 5.41 Å². The van der Waals surface area contributed by atoms with Crippen LogP contribution in [0.4, 0.5) is 0 Å². The molecule has 21 heavy (non-hydrogen) atoms. The van der Waals surface area contributed by atoms with E-state index < -0.39 is 23.3 Å². The minimum Gasteiger partial charge on any atom is -0.496 e. The molecule has 0 aliphatic rings. The maximum absolute atomic E-state index is 12.1. The van der Waals surface area contributed by atoms with Crippen LogP contribution in [-0.2, 0) is 16.0 Å². The number of rotatable bonds is 5. The zero-order valence-corrected chi connectivity index (χ0v) is 13.3. The number of carbonyl (C=O) groups is 2. The van der Waals surface area contributed by atoms with Crippen molar-refractivity contribution < 1.29 is 19.4 Å². The molecule has 0 radical (unpaired) electrons. The van der Waals surface area contributed by atoms with E-state index in [2.05, 4.69) is 5.32 Å². The average Bonchev–Trinajstić information content (AvgIpc) is 2.34. The van der Waals surface area contributed by atoms with Crippen molar-refractivity contribution in [2.75, 3.05) is 7.11 Å². The molecule has 0 bridgehead atoms. The highest BCUT2D eigenvalue weighted by Gasteiger charge is 2.32. The number of methoxy groups -OCH3 is 1. The summed E-state index contributed by atoms with van der Waals surface area (Å²) in [6.07, 6.45) is 0.00356. The van der Waals surface area contributed by atoms with Crippen molar-refractivity contribution in [3.05, 3.63) is 28.8 Å². The molecule has 0 heterocycles. The normalized spacial score (nSPS) is 12.6. The van der Waals surface area contributed by atoms with Gasteiger partial charge in [-0.1, -0.05) is 32.4 Å². The molecule has 0 aliphatic carbocycles. The van der Waals surface area contributed by atoms with Gasteiger partial charge in [-0.05, 0) is 23.6 Å². The lowest BCUT2D eigenvalue weighted by Crippen LogP contribution is -2.49. The maximum atomic E-state index is 12.1. The number of amides is 1. The second kappa shape index (κ2) is 6.80. The van der Waals surface area contributed by atoms with Crippen LogP contribution < -0.4 is 10.1 Å². The van der Waals surface area contributed by atoms with Gasteiger partial charge in [0.1, 0.15) is 11.8 Å². The second-order valence-corrected chi connectivity index (χ2v) is 6.27. The molecule has 1 aromatic rings. The number of hydrogen-bond acceptors (Lipinski definition) is 3. The van der Waals surface area contributed by atoms with E-state index >= 15 is 0 Å². The maximum Gasteiger partial charge on any atom is 0.326 e. The topological polar surface area (TPSA) is 75.6 Å². The zero-order valence-electron chi connectivity index (χ0n) is 12.6. The van der Waals surface area contributed by atoms with E-state index in [-0.39, 0.29) is 6.42 Å². The number of ether oxygens (including phenoxy) is 1. The van der Waals surface area contributed by atoms with Gasteiger partial charge in [-0.25, -0.2) is 4.79 Å². The number of benzene rings is 1. The highest BCUT2D eigenvalue weighted by Crippen LogP contribution is 2.24. The van der Waals surface area contributed by atoms with Crippen LogP contribution in [0.25, 0.3) is 0 Å². The molecule has 1 atom stereocenters. The molecule has 1 amide bonds. The third-order valence-electron chi connectivity index (χ3n) is 3.01. The fourth-order valence-corrected chi connectivity index (χ4v) is 2.11. The van der Waals surface area contributed by atoms with Crippen molar-refractivity contribution in [2.45, 2.75) is 33.2 Å². The first-order valence-corrected chi connectivity index (χ1v) is 6.87. The van der Waals surface area contributed by atoms with Crippen molar-refractivity contribution in [1.29, 1.82) is 0 Å². The molecule has 2 N–H and O–H groups in total. The lowest BCUT2D eigenvalue weighted by molar-refractivity contribution is -0.144. The molecule has 1 aromatic carbocycles. The van der Waals surface area contributed by atoms with Crippen LogP contribution in [0.3, 0.4) is 0 Å². The Bertz CT molecular complexity index is 537. The monoisotopic (exact) mass is 313 g/mol. The molecule has 6 heteroatoms. The van der Waals surface area contributed by atoms with Crippen LogP contribution >= 0.6 is 11.6 Å². The average molecular weight is 314 g/mol. The first-order chi connectivity index (χ1) is 9.65. The molecule has 0 fully saturated rings. The van der Waals surface area contributed by atoms with E-state index in [1.807, 2.05) is 0 Å². The van der Waals surface area contributed by atoms with E-state index in [4.69, 9.17) is 16.3 Å². The minimum absolute atomic E-state index is 0.00356. The molecule has 0 spiro atoms. The van der Waals surface area contributed by atoms with Crippen molar-refractivity contribution in [3.63, 3.8) is 0 Å². The van der Waals surface area contributed by atoms with E-state index in [0.29, 0.717) is 16.3 Å². The van der Waals surface area contributed by atoms with Crippen LogP contribution in [0.1, 0.15) is 26.3 Å². The second-order valence-electron chi connectivity index (χ2n) is 5.84. The van der Waals surface area contributed by atoms with Gasteiger partial charge in [0.2, 0.25) is 5.91 Å². The summed E-state index contributed by atoms with van der Waals surface area (Å²) in [5, 5.41) is 12.2. The van der Waals surface area contributed by atoms with Crippen LogP contribution in [0.5, 0.6) is 5.75 Å². The molecule has 116 valence electrons. The number of carboxylic acids is 1. The van der Waals surface area contributed by atoms with Gasteiger partial charge in [0.15, 0.2) is 0 Å². The first kappa shape index (κ1) is 17.3. The van der Waals surface area contributed by atoms with Crippen LogP contribution in [-0.4, -0.2) is 30.1 Å². The molecular weight excluding hydrogens is 294 g/mol. The Morgan fingerprint density at radius 2 is 2.00 bits per heavy atom. The Hall–Kier alpha value is -1.75. The quantitative estimate of drug-likeness (QED) is 0.875. The number of nitrogens with one attached hydrogen (secondary N) is 1. The van der Waals surface area contributed by atoms with Gasteiger partial charge < -0.3 is 15.2 Å². The predicted molar refractivity (Wildman–Crippen MR) is 80.7 cm³/mol. The predicted octanol–water partition coefficient (Wildman–Crippen LogP) is 2.51. The summed E-state index contributed by atoms with van der Waals surface area (Å²) in [7, 11) is 1.50. The summed E-state index contributed by atoms with van der Waals surface area (Å²) in [5.74, 6) is -0.913. The molecular formula is C15H20ClNO4. The largest absolute Gasteiger partial charge is 0.496 e. The summed E-state index contributed by atoms with van der Waals surface area (Å²) >= 11 is 5.90. The Balaban J connectivity index is 2.86. The Morgan fingerprint density at radius 1 is 1.38 bits per heavy atom. The summed E-state index contributed by atoms with van der Waals surface area (Å²) < 4.78 is 5.17. The third kappa shape index (κ3) is 4.93. The van der Waals surface area contributed by atoms with E-state index in [1.54, 1.807) is 39.0 Å². The number of halogens is 1. The fraction of sp³-hybridized carbons (Fsp3) is 0.467. The lowest BCUT2D eigenvalue weighted by atomic mass is 9.86. The first-order valence-electron chi connectivity index (χ1n) is 6.49. The Morgan fingerprint density at radius 3 is 2.48 bits per heavy atom. The van der Waals surface area contributed by atoms with Crippen molar-refractivity contribution in [2.24, 2.45) is 5.41 Å². The van der Waals surface area contributed by atoms with E-state index in [0.717, 1.165) is 0 Å². The van der Waals surface area contributed by atoms with Crippen LogP contribution in [0.15, 0.2) is 18.2 Å². The van der Waals surface area contributed by atoms with Gasteiger partial charge in [0, 0.05) is 10.6 Å². The molecule has 0 saturated carbocycles. The van der Waals surface area contributed by atoms with E-state index in [9.17, 15) is 14.7 Å². The number of carbonyl (C=O) groups excluding carboxylic acids is 1. The lowest BCUT2D eigenvalue weighted by Gasteiger charge is -2.27. The fourth-order valence-electron chi connectivity index (χ4n) is 1.92. The summed E-state index contributed by atoms with van der Waals surface area (Å²) in [4.78, 5) is 23.3. The third-order valence-corrected chi connectivity index (χ3v) is 3.25. The SMILES string of the molecule is COc1ccc(Cl)cc1CC(=O)NC(C(=O)O)C(C)(C)C. The van der Waals surface area contributed by atoms with Crippen LogP contribution in [0.2, 0.25) is 5.02 Å². The van der Waals surface area contributed by atoms with E-state index in [1.165, 1.54) is 7.11 Å². The van der Waals surface area contributed by atoms with Gasteiger partial charge in [-0.2, -0.15) is 0 Å². The minimum atomic E-state index is -1.06. The molecule has 0 aromatic heterocycles. The smallest absolute Gasteiger partial charge is 0.326 e.